The predicted molar refractivity (Wildman–Crippen MR) is 451 cm³/mol. The van der Waals surface area contributed by atoms with E-state index in [1.54, 1.807) is 12.3 Å². The lowest BCUT2D eigenvalue weighted by atomic mass is 10.00. The fourth-order valence-electron chi connectivity index (χ4n) is 16.4. The fraction of sp³-hybridized carbons (Fsp3) is 0.333. The molecule has 4 saturated heterocycles. The summed E-state index contributed by atoms with van der Waals surface area (Å²) in [4.78, 5) is 48.0. The number of aryl methyl sites for hydroxylation is 8. The van der Waals surface area contributed by atoms with Crippen molar-refractivity contribution in [1.29, 1.82) is 0 Å². The van der Waals surface area contributed by atoms with Gasteiger partial charge in [-0.25, -0.2) is 28.7 Å². The van der Waals surface area contributed by atoms with E-state index in [1.165, 1.54) is 34.9 Å². The van der Waals surface area contributed by atoms with E-state index < -0.39 is 0 Å². The van der Waals surface area contributed by atoms with E-state index in [2.05, 4.69) is 168 Å². The first-order valence-corrected chi connectivity index (χ1v) is 39.9. The van der Waals surface area contributed by atoms with Crippen LogP contribution in [0.1, 0.15) is 85.4 Å². The van der Waals surface area contributed by atoms with E-state index in [0.29, 0.717) is 80.9 Å². The number of allylic oxidation sites excluding steroid dienone is 1. The highest BCUT2D eigenvalue weighted by Gasteiger charge is 2.30. The number of hydrogen-bond donors (Lipinski definition) is 3. The molecule has 11 aromatic heterocycles. The first-order valence-electron chi connectivity index (χ1n) is 39.9. The van der Waals surface area contributed by atoms with Crippen molar-refractivity contribution in [2.75, 3.05) is 98.6 Å². The molecule has 4 atom stereocenters. The molecule has 0 saturated carbocycles. The summed E-state index contributed by atoms with van der Waals surface area (Å²) in [6.45, 7) is 32.3. The highest BCUT2D eigenvalue weighted by molar-refractivity contribution is 5.97. The summed E-state index contributed by atoms with van der Waals surface area (Å²) < 4.78 is 59.1. The number of fused-ring (bicyclic) bond motifs is 4. The number of morpholine rings is 4. The standard InChI is InChI=1S/C23H25N5O.C22H23FN6O.C21H22FN7O.C21H23N7O/c1-15-14-29-11-10-27(15)23-13-19(28-16(2)25-26-17(28)3)12-22(24-23)21-9-5-7-18-6-4-8-20(18)21;1-13-12-30-7-6-28(13)22-11-17(29-14(2)26-27-15(29)3)10-21(25-22)19-8-16(23)9-20-18(19)4-5-24-20;1-12-11-30-7-6-28(12)21-24-19(10-20(25-21)29-13(2)26-27-14(29)3)17-8-15(22)9-18-16(17)4-5-23-18;1-13-12-29-10-9-27(13)21-23-19(16-5-4-6-18-17(16)7-8-22-18)11-20(24-21)28-14(2)25-26-15(28)3/h4-5,7-9,12-13,15H,6,10-11,14H2,1-3H3;4-5,8-11,13,24H,6-7,12H2,1-3H3;4-5,8-10,12,23H,6-7,11H2,1-3H3;4-8,11,13,22H,9-10,12H2,1-3H3/t15-;13-;12-;13-/m1111/s1. The molecule has 4 aliphatic heterocycles. The minimum absolute atomic E-state index is 0.129. The Labute approximate surface area is 680 Å². The molecular formula is C87H93F2N25O4. The number of benzene rings is 4. The molecule has 3 N–H and O–H groups in total. The molecule has 0 bridgehead atoms. The second-order valence-corrected chi connectivity index (χ2v) is 30.5. The number of nitrogens with one attached hydrogen (secondary N) is 3. The minimum Gasteiger partial charge on any atom is -0.377 e. The minimum atomic E-state index is -0.321. The molecule has 31 heteroatoms. The average Bonchev–Trinajstić information content (AvgIpc) is 1.37. The van der Waals surface area contributed by atoms with Crippen molar-refractivity contribution in [3.05, 3.63) is 209 Å². The molecule has 15 aromatic rings. The van der Waals surface area contributed by atoms with Gasteiger partial charge in [-0.3, -0.25) is 18.3 Å². The maximum Gasteiger partial charge on any atom is 0.228 e. The second kappa shape index (κ2) is 33.0. The molecule has 0 amide bonds. The van der Waals surface area contributed by atoms with E-state index >= 15 is 0 Å². The van der Waals surface area contributed by atoms with E-state index in [-0.39, 0.29) is 35.8 Å². The number of nitrogens with zero attached hydrogens (tertiary/aromatic N) is 22. The number of pyridine rings is 2. The number of aromatic amines is 3. The summed E-state index contributed by atoms with van der Waals surface area (Å²) in [6, 6.07) is 37.7. The third-order valence-electron chi connectivity index (χ3n) is 22.3. The fourth-order valence-corrected chi connectivity index (χ4v) is 16.4. The van der Waals surface area contributed by atoms with Crippen LogP contribution in [-0.4, -0.2) is 207 Å². The molecule has 20 rings (SSSR count). The van der Waals surface area contributed by atoms with Gasteiger partial charge < -0.3 is 53.5 Å². The lowest BCUT2D eigenvalue weighted by Gasteiger charge is -2.34. The molecule has 29 nitrogen and oxygen atoms in total. The van der Waals surface area contributed by atoms with Crippen LogP contribution in [0.2, 0.25) is 0 Å². The van der Waals surface area contributed by atoms with Crippen molar-refractivity contribution in [1.82, 2.24) is 104 Å². The Morgan fingerprint density at radius 1 is 0.347 bits per heavy atom. The van der Waals surface area contributed by atoms with E-state index in [1.807, 2.05) is 124 Å². The molecule has 0 unspecified atom stereocenters. The zero-order valence-corrected chi connectivity index (χ0v) is 68.1. The Morgan fingerprint density at radius 3 is 1.14 bits per heavy atom. The Balaban J connectivity index is 0.000000113. The molecule has 0 spiro atoms. The van der Waals surface area contributed by atoms with Gasteiger partial charge in [0.2, 0.25) is 11.9 Å². The number of ether oxygens (including phenoxy) is 4. The number of aromatic nitrogens is 21. The van der Waals surface area contributed by atoms with E-state index in [9.17, 15) is 8.78 Å². The molecule has 118 heavy (non-hydrogen) atoms. The van der Waals surface area contributed by atoms with Gasteiger partial charge in [0.15, 0.2) is 0 Å². The zero-order valence-electron chi connectivity index (χ0n) is 68.1. The van der Waals surface area contributed by atoms with Crippen molar-refractivity contribution < 1.29 is 27.7 Å². The number of halogens is 2. The van der Waals surface area contributed by atoms with Crippen molar-refractivity contribution in [3.8, 4) is 68.0 Å². The first kappa shape index (κ1) is 77.7. The Morgan fingerprint density at radius 2 is 0.712 bits per heavy atom. The Kier molecular flexibility index (Phi) is 21.8. The summed E-state index contributed by atoms with van der Waals surface area (Å²) in [5.41, 5.74) is 14.0. The average molecular weight is 1590 g/mol. The highest BCUT2D eigenvalue weighted by Crippen LogP contribution is 2.39. The van der Waals surface area contributed by atoms with Gasteiger partial charge >= 0.3 is 0 Å². The number of anilines is 4. The number of H-pyrrole nitrogens is 3. The van der Waals surface area contributed by atoms with Crippen LogP contribution in [0.4, 0.5) is 32.3 Å². The third-order valence-corrected chi connectivity index (χ3v) is 22.3. The van der Waals surface area contributed by atoms with Gasteiger partial charge in [0.25, 0.3) is 0 Å². The molecule has 4 fully saturated rings. The smallest absolute Gasteiger partial charge is 0.228 e. The molecule has 1 aliphatic carbocycles. The van der Waals surface area contributed by atoms with E-state index in [4.69, 9.17) is 48.9 Å². The summed E-state index contributed by atoms with van der Waals surface area (Å²) in [5, 5.41) is 36.6. The molecule has 0 radical (unpaired) electrons. The van der Waals surface area contributed by atoms with Gasteiger partial charge in [-0.2, -0.15) is 9.97 Å². The van der Waals surface area contributed by atoms with Crippen molar-refractivity contribution in [2.24, 2.45) is 0 Å². The molecule has 15 heterocycles. The van der Waals surface area contributed by atoms with Gasteiger partial charge in [0, 0.05) is 124 Å². The Hall–Kier alpha value is -12.8. The number of hydrogen-bond acceptors (Lipinski definition) is 22. The van der Waals surface area contributed by atoms with Gasteiger partial charge in [0.1, 0.15) is 81.5 Å². The van der Waals surface area contributed by atoms with Crippen LogP contribution >= 0.6 is 0 Å². The van der Waals surface area contributed by atoms with Crippen LogP contribution in [0.5, 0.6) is 0 Å². The topological polar surface area (TPSA) is 297 Å². The normalized spacial score (nSPS) is 17.4. The van der Waals surface area contributed by atoms with Crippen LogP contribution < -0.4 is 19.6 Å². The SMILES string of the molecule is Cc1nnc(C)n1-c1cc(-c2cc(F)cc3[nH]ccc23)nc(N2CCOC[C@H]2C)c1.Cc1nnc(C)n1-c1cc(-c2cc(F)cc3[nH]ccc23)nc(N2CCOC[C@H]2C)n1.Cc1nnc(C)n1-c1cc(-c2cccc3[nH]ccc23)nc(N2CCOC[C@H]2C)n1.Cc1nnc(C)n1-c1cc(-c2cccc3c2C=CC3)nc(N2CCOC[C@H]2C)c1. The summed E-state index contributed by atoms with van der Waals surface area (Å²) in [6.07, 6.45) is 11.0. The third kappa shape index (κ3) is 15.5. The monoisotopic (exact) mass is 1590 g/mol. The van der Waals surface area contributed by atoms with Gasteiger partial charge in [0.05, 0.1) is 111 Å². The highest BCUT2D eigenvalue weighted by atomic mass is 19.1. The van der Waals surface area contributed by atoms with Crippen molar-refractivity contribution in [2.45, 2.75) is 114 Å². The molecule has 604 valence electrons. The zero-order chi connectivity index (χ0) is 81.6. The second-order valence-electron chi connectivity index (χ2n) is 30.5. The van der Waals surface area contributed by atoms with Crippen LogP contribution in [0, 0.1) is 67.0 Å². The van der Waals surface area contributed by atoms with Crippen LogP contribution in [0.15, 0.2) is 140 Å². The molecular weight excluding hydrogens is 1500 g/mol. The Bertz CT molecular complexity index is 5960. The van der Waals surface area contributed by atoms with Gasteiger partial charge in [-0.1, -0.05) is 42.5 Å². The first-order chi connectivity index (χ1) is 57.2. The van der Waals surface area contributed by atoms with E-state index in [0.717, 1.165) is 170 Å². The lowest BCUT2D eigenvalue weighted by Crippen LogP contribution is -2.44. The predicted octanol–water partition coefficient (Wildman–Crippen LogP) is 13.8. The van der Waals surface area contributed by atoms with Crippen molar-refractivity contribution >= 4 is 62.3 Å². The van der Waals surface area contributed by atoms with Gasteiger partial charge in [-0.15, -0.1) is 40.8 Å². The summed E-state index contributed by atoms with van der Waals surface area (Å²) >= 11 is 0. The maximum atomic E-state index is 14.4. The quantitative estimate of drug-likeness (QED) is 0.102. The van der Waals surface area contributed by atoms with Crippen molar-refractivity contribution in [3.63, 3.8) is 0 Å². The molecule has 5 aliphatic rings. The molecule has 4 aromatic carbocycles. The summed E-state index contributed by atoms with van der Waals surface area (Å²) in [5.74, 6) is 10.3. The van der Waals surface area contributed by atoms with Crippen LogP contribution in [0.3, 0.4) is 0 Å². The van der Waals surface area contributed by atoms with Crippen LogP contribution in [0.25, 0.3) is 107 Å². The summed E-state index contributed by atoms with van der Waals surface area (Å²) in [7, 11) is 0. The lowest BCUT2D eigenvalue weighted by molar-refractivity contribution is 0.0980. The maximum absolute atomic E-state index is 14.4. The largest absolute Gasteiger partial charge is 0.377 e. The number of rotatable bonds is 12. The van der Waals surface area contributed by atoms with Gasteiger partial charge in [-0.05, 0) is 161 Å². The van der Waals surface area contributed by atoms with Crippen LogP contribution in [-0.2, 0) is 25.4 Å².